The summed E-state index contributed by atoms with van der Waals surface area (Å²) < 4.78 is 2.13. The van der Waals surface area contributed by atoms with Crippen molar-refractivity contribution in [1.82, 2.24) is 19.8 Å². The summed E-state index contributed by atoms with van der Waals surface area (Å²) >= 11 is 1.32. The standard InChI is InChI=1S/C39H50N4O4S/c1-5-14-34-41-36-28(4)22-29(37(45)40-31(21-27(2)3)25-48-35(44)24-42-19-12-7-13-20-42)23-33(36)43(34)26-39(30-15-8-6-9-16-30)18-11-10-17-32(39)38(46)47/h6,8-11,15-18,22-23,27,31-32H,5,7,12-14,19-21,24-26H2,1-4H3,(H,40,45)(H,46,47)/t31-,32?,39?/m1/s1. The summed E-state index contributed by atoms with van der Waals surface area (Å²) in [6.45, 7) is 11.1. The molecule has 2 N–H and O–H groups in total. The van der Waals surface area contributed by atoms with Crippen LogP contribution in [0.15, 0.2) is 66.8 Å². The van der Waals surface area contributed by atoms with Gasteiger partial charge in [-0.1, -0.05) is 93.6 Å². The number of likely N-dealkylation sites (tertiary alicyclic amines) is 1. The quantitative estimate of drug-likeness (QED) is 0.191. The van der Waals surface area contributed by atoms with E-state index in [1.54, 1.807) is 12.2 Å². The molecule has 1 amide bonds. The van der Waals surface area contributed by atoms with Gasteiger partial charge in [0.05, 0.1) is 23.5 Å². The van der Waals surface area contributed by atoms with E-state index >= 15 is 0 Å². The van der Waals surface area contributed by atoms with Gasteiger partial charge < -0.3 is 15.0 Å². The van der Waals surface area contributed by atoms with Crippen LogP contribution in [0, 0.1) is 18.8 Å². The number of carboxylic acid groups (broad SMARTS) is 1. The molecule has 2 aromatic carbocycles. The van der Waals surface area contributed by atoms with Gasteiger partial charge in [0.25, 0.3) is 5.91 Å². The van der Waals surface area contributed by atoms with Crippen molar-refractivity contribution in [2.45, 2.75) is 84.2 Å². The minimum Gasteiger partial charge on any atom is -0.481 e. The summed E-state index contributed by atoms with van der Waals surface area (Å²) in [6.07, 6.45) is 13.4. The Morgan fingerprint density at radius 1 is 1.08 bits per heavy atom. The van der Waals surface area contributed by atoms with Crippen molar-refractivity contribution in [3.8, 4) is 0 Å². The first-order valence-electron chi connectivity index (χ1n) is 17.4. The van der Waals surface area contributed by atoms with Crippen LogP contribution in [0.4, 0.5) is 0 Å². The second kappa shape index (κ2) is 16.1. The third-order valence-electron chi connectivity index (χ3n) is 9.56. The number of allylic oxidation sites excluding steroid dienone is 3. The highest BCUT2D eigenvalue weighted by Gasteiger charge is 2.43. The Balaban J connectivity index is 1.45. The molecule has 1 aliphatic carbocycles. The lowest BCUT2D eigenvalue weighted by atomic mass is 9.68. The number of fused-ring (bicyclic) bond motifs is 1. The van der Waals surface area contributed by atoms with E-state index in [1.807, 2.05) is 61.5 Å². The number of hydrogen-bond donors (Lipinski definition) is 2. The van der Waals surface area contributed by atoms with Gasteiger partial charge in [0.2, 0.25) is 5.12 Å². The molecule has 1 aliphatic heterocycles. The van der Waals surface area contributed by atoms with E-state index in [0.29, 0.717) is 30.3 Å². The number of rotatable bonds is 14. The van der Waals surface area contributed by atoms with Gasteiger partial charge in [0.1, 0.15) is 5.82 Å². The van der Waals surface area contributed by atoms with Crippen molar-refractivity contribution in [3.63, 3.8) is 0 Å². The number of aromatic nitrogens is 2. The number of imidazole rings is 1. The van der Waals surface area contributed by atoms with Crippen molar-refractivity contribution >= 4 is 39.8 Å². The number of piperidine rings is 1. The van der Waals surface area contributed by atoms with Crippen molar-refractivity contribution in [2.24, 2.45) is 11.8 Å². The summed E-state index contributed by atoms with van der Waals surface area (Å²) in [6, 6.07) is 13.5. The minimum absolute atomic E-state index is 0.152. The Bertz CT molecular complexity index is 1660. The first-order valence-corrected chi connectivity index (χ1v) is 18.4. The van der Waals surface area contributed by atoms with E-state index in [9.17, 15) is 19.5 Å². The lowest BCUT2D eigenvalue weighted by molar-refractivity contribution is -0.142. The molecular weight excluding hydrogens is 621 g/mol. The Morgan fingerprint density at radius 2 is 1.83 bits per heavy atom. The molecule has 5 rings (SSSR count). The summed E-state index contributed by atoms with van der Waals surface area (Å²) in [5.41, 5.74) is 3.12. The van der Waals surface area contributed by atoms with Crippen LogP contribution in [0.5, 0.6) is 0 Å². The van der Waals surface area contributed by atoms with Gasteiger partial charge in [-0.2, -0.15) is 0 Å². The van der Waals surface area contributed by atoms with Gasteiger partial charge in [-0.3, -0.25) is 19.3 Å². The third-order valence-corrected chi connectivity index (χ3v) is 10.6. The largest absolute Gasteiger partial charge is 0.481 e. The van der Waals surface area contributed by atoms with E-state index in [4.69, 9.17) is 4.98 Å². The number of thioether (sulfide) groups is 1. The van der Waals surface area contributed by atoms with E-state index in [-0.39, 0.29) is 17.1 Å². The van der Waals surface area contributed by atoms with Gasteiger partial charge >= 0.3 is 5.97 Å². The molecular formula is C39H50N4O4S. The highest BCUT2D eigenvalue weighted by atomic mass is 32.2. The van der Waals surface area contributed by atoms with Crippen LogP contribution < -0.4 is 5.32 Å². The highest BCUT2D eigenvalue weighted by Crippen LogP contribution is 2.41. The molecule has 0 spiro atoms. The van der Waals surface area contributed by atoms with Crippen LogP contribution in [0.3, 0.4) is 0 Å². The number of carboxylic acids is 1. The van der Waals surface area contributed by atoms with Crippen molar-refractivity contribution < 1.29 is 19.5 Å². The van der Waals surface area contributed by atoms with E-state index in [2.05, 4.69) is 35.6 Å². The topological polar surface area (TPSA) is 105 Å². The maximum absolute atomic E-state index is 13.9. The third kappa shape index (κ3) is 8.29. The smallest absolute Gasteiger partial charge is 0.311 e. The molecule has 0 radical (unpaired) electrons. The lowest BCUT2D eigenvalue weighted by Crippen LogP contribution is -2.42. The maximum atomic E-state index is 13.9. The Kier molecular flexibility index (Phi) is 12.0. The van der Waals surface area contributed by atoms with Crippen LogP contribution in [-0.2, 0) is 28.0 Å². The molecule has 2 unspecified atom stereocenters. The normalized spacial score (nSPS) is 20.3. The van der Waals surface area contributed by atoms with E-state index < -0.39 is 17.3 Å². The number of carbonyl (C=O) groups is 3. The number of aliphatic carboxylic acids is 1. The molecule has 2 heterocycles. The monoisotopic (exact) mass is 670 g/mol. The molecule has 0 bridgehead atoms. The molecule has 48 heavy (non-hydrogen) atoms. The first kappa shape index (κ1) is 35.6. The van der Waals surface area contributed by atoms with E-state index in [1.165, 1.54) is 18.2 Å². The van der Waals surface area contributed by atoms with Crippen LogP contribution >= 0.6 is 11.8 Å². The lowest BCUT2D eigenvalue weighted by Gasteiger charge is -2.38. The van der Waals surface area contributed by atoms with Gasteiger partial charge in [-0.25, -0.2) is 4.98 Å². The number of amides is 1. The van der Waals surface area contributed by atoms with E-state index in [0.717, 1.165) is 73.2 Å². The molecule has 1 fully saturated rings. The number of aryl methyl sites for hydroxylation is 2. The predicted molar refractivity (Wildman–Crippen MR) is 194 cm³/mol. The van der Waals surface area contributed by atoms with Crippen LogP contribution in [0.25, 0.3) is 11.0 Å². The van der Waals surface area contributed by atoms with Crippen LogP contribution in [0.2, 0.25) is 0 Å². The molecule has 1 saturated heterocycles. The molecule has 256 valence electrons. The fourth-order valence-electron chi connectivity index (χ4n) is 7.22. The van der Waals surface area contributed by atoms with Gasteiger partial charge in [0.15, 0.2) is 0 Å². The Morgan fingerprint density at radius 3 is 2.52 bits per heavy atom. The van der Waals surface area contributed by atoms with Gasteiger partial charge in [-0.15, -0.1) is 0 Å². The van der Waals surface area contributed by atoms with Crippen LogP contribution in [0.1, 0.15) is 80.2 Å². The summed E-state index contributed by atoms with van der Waals surface area (Å²) in [7, 11) is 0. The summed E-state index contributed by atoms with van der Waals surface area (Å²) in [5.74, 6) is -0.0915. The molecule has 1 aromatic heterocycles. The zero-order valence-electron chi connectivity index (χ0n) is 28.8. The Labute approximate surface area is 289 Å². The fraction of sp³-hybridized carbons (Fsp3) is 0.487. The first-order chi connectivity index (χ1) is 23.1. The maximum Gasteiger partial charge on any atom is 0.311 e. The zero-order chi connectivity index (χ0) is 34.3. The number of hydrogen-bond acceptors (Lipinski definition) is 6. The molecule has 3 aromatic rings. The average Bonchev–Trinajstić information content (AvgIpc) is 3.41. The van der Waals surface area contributed by atoms with Gasteiger partial charge in [0, 0.05) is 35.7 Å². The second-order valence-electron chi connectivity index (χ2n) is 13.8. The SMILES string of the molecule is CCCc1nc2c(C)cc(C(=O)N[C@@H](CSC(=O)CN3CCCCC3)CC(C)C)cc2n1CC1(c2ccccc2)C=CC=CC1C(=O)O. The number of nitrogens with zero attached hydrogens (tertiary/aromatic N) is 3. The molecule has 0 saturated carbocycles. The molecule has 8 nitrogen and oxygen atoms in total. The molecule has 9 heteroatoms. The summed E-state index contributed by atoms with van der Waals surface area (Å²) in [5, 5.41) is 13.8. The van der Waals surface area contributed by atoms with Crippen LogP contribution in [-0.4, -0.2) is 68.0 Å². The number of benzene rings is 2. The second-order valence-corrected chi connectivity index (χ2v) is 14.9. The van der Waals surface area contributed by atoms with Crippen molar-refractivity contribution in [2.75, 3.05) is 25.4 Å². The number of nitrogens with one attached hydrogen (secondary N) is 1. The summed E-state index contributed by atoms with van der Waals surface area (Å²) in [4.78, 5) is 46.8. The molecule has 2 aliphatic rings. The molecule has 3 atom stereocenters. The average molecular weight is 671 g/mol. The van der Waals surface area contributed by atoms with Crippen molar-refractivity contribution in [1.29, 1.82) is 0 Å². The zero-order valence-corrected chi connectivity index (χ0v) is 29.6. The fourth-order valence-corrected chi connectivity index (χ4v) is 8.10. The number of carbonyl (C=O) groups excluding carboxylic acids is 2. The van der Waals surface area contributed by atoms with Crippen molar-refractivity contribution in [3.05, 3.63) is 89.3 Å². The highest BCUT2D eigenvalue weighted by molar-refractivity contribution is 8.13. The Hall–Kier alpha value is -3.69. The predicted octanol–water partition coefficient (Wildman–Crippen LogP) is 6.95. The minimum atomic E-state index is -0.888. The van der Waals surface area contributed by atoms with Gasteiger partial charge in [-0.05, 0) is 74.9 Å².